The quantitative estimate of drug-likeness (QED) is 0.888. The molecule has 6 nitrogen and oxygen atoms in total. The van der Waals surface area contributed by atoms with Crippen LogP contribution in [-0.2, 0) is 4.79 Å². The first-order valence-electron chi connectivity index (χ1n) is 9.13. The van der Waals surface area contributed by atoms with Crippen molar-refractivity contribution in [1.29, 1.82) is 0 Å². The van der Waals surface area contributed by atoms with Crippen molar-refractivity contribution in [3.05, 3.63) is 23.8 Å². The highest BCUT2D eigenvalue weighted by Gasteiger charge is 2.28. The third-order valence-electron chi connectivity index (χ3n) is 4.67. The van der Waals surface area contributed by atoms with Gasteiger partial charge in [0.25, 0.3) is 5.91 Å². The minimum atomic E-state index is -0.0214. The molecule has 1 aromatic rings. The van der Waals surface area contributed by atoms with E-state index in [2.05, 4.69) is 5.32 Å². The number of nitrogens with zero attached hydrogens (tertiary/aromatic N) is 1. The Morgan fingerprint density at radius 2 is 2.12 bits per heavy atom. The number of amides is 2. The zero-order valence-electron chi connectivity index (χ0n) is 14.8. The summed E-state index contributed by atoms with van der Waals surface area (Å²) >= 11 is 0. The minimum Gasteiger partial charge on any atom is -0.486 e. The van der Waals surface area contributed by atoms with E-state index in [9.17, 15) is 9.59 Å². The molecule has 0 spiro atoms. The van der Waals surface area contributed by atoms with E-state index in [0.29, 0.717) is 55.7 Å². The van der Waals surface area contributed by atoms with Crippen LogP contribution < -0.4 is 14.8 Å². The molecule has 2 aliphatic rings. The van der Waals surface area contributed by atoms with Crippen LogP contribution in [0.5, 0.6) is 11.5 Å². The zero-order chi connectivity index (χ0) is 17.6. The van der Waals surface area contributed by atoms with Gasteiger partial charge in [-0.2, -0.15) is 0 Å². The fourth-order valence-corrected chi connectivity index (χ4v) is 3.40. The van der Waals surface area contributed by atoms with Gasteiger partial charge >= 0.3 is 0 Å². The number of carbonyl (C=O) groups is 2. The van der Waals surface area contributed by atoms with Gasteiger partial charge in [0.2, 0.25) is 5.91 Å². The van der Waals surface area contributed by atoms with Gasteiger partial charge in [-0.3, -0.25) is 9.59 Å². The van der Waals surface area contributed by atoms with Crippen LogP contribution in [-0.4, -0.2) is 49.6 Å². The van der Waals surface area contributed by atoms with Crippen molar-refractivity contribution >= 4 is 11.8 Å². The van der Waals surface area contributed by atoms with Crippen molar-refractivity contribution < 1.29 is 19.1 Å². The Balaban J connectivity index is 1.63. The third kappa shape index (κ3) is 4.24. The highest BCUT2D eigenvalue weighted by molar-refractivity contribution is 5.98. The maximum Gasteiger partial charge on any atom is 0.257 e. The highest BCUT2D eigenvalue weighted by atomic mass is 16.6. The van der Waals surface area contributed by atoms with Gasteiger partial charge in [-0.05, 0) is 37.3 Å². The fourth-order valence-electron chi connectivity index (χ4n) is 3.40. The van der Waals surface area contributed by atoms with Crippen LogP contribution in [0.15, 0.2) is 18.2 Å². The summed E-state index contributed by atoms with van der Waals surface area (Å²) < 4.78 is 11.2. The minimum absolute atomic E-state index is 0.0214. The van der Waals surface area contributed by atoms with Crippen LogP contribution >= 0.6 is 0 Å². The van der Waals surface area contributed by atoms with Crippen molar-refractivity contribution in [1.82, 2.24) is 10.2 Å². The van der Waals surface area contributed by atoms with Gasteiger partial charge in [-0.1, -0.05) is 13.0 Å². The second kappa shape index (κ2) is 8.23. The van der Waals surface area contributed by atoms with Gasteiger partial charge in [-0.25, -0.2) is 0 Å². The standard InChI is InChI=1S/C19H26N2O4/c1-2-5-17(22)20-12-14-6-4-9-21(13-14)19(23)15-7-3-8-16-18(15)25-11-10-24-16/h3,7-8,14H,2,4-6,9-13H2,1H3,(H,20,22). The van der Waals surface area contributed by atoms with E-state index >= 15 is 0 Å². The van der Waals surface area contributed by atoms with Crippen molar-refractivity contribution in [2.45, 2.75) is 32.6 Å². The smallest absolute Gasteiger partial charge is 0.257 e. The molecule has 136 valence electrons. The summed E-state index contributed by atoms with van der Waals surface area (Å²) in [5.74, 6) is 1.56. The van der Waals surface area contributed by atoms with E-state index in [1.165, 1.54) is 0 Å². The molecule has 2 amide bonds. The first-order valence-corrected chi connectivity index (χ1v) is 9.13. The molecule has 0 bridgehead atoms. The molecule has 0 aliphatic carbocycles. The summed E-state index contributed by atoms with van der Waals surface area (Å²) in [6.07, 6.45) is 3.39. The van der Waals surface area contributed by atoms with Crippen molar-refractivity contribution in [2.24, 2.45) is 5.92 Å². The number of nitrogens with one attached hydrogen (secondary N) is 1. The van der Waals surface area contributed by atoms with Crippen LogP contribution in [0.25, 0.3) is 0 Å². The molecule has 6 heteroatoms. The number of ether oxygens (including phenoxy) is 2. The molecule has 1 saturated heterocycles. The molecule has 25 heavy (non-hydrogen) atoms. The van der Waals surface area contributed by atoms with Crippen molar-refractivity contribution in [2.75, 3.05) is 32.8 Å². The molecule has 0 saturated carbocycles. The summed E-state index contributed by atoms with van der Waals surface area (Å²) in [5, 5.41) is 2.98. The average Bonchev–Trinajstić information content (AvgIpc) is 2.66. The summed E-state index contributed by atoms with van der Waals surface area (Å²) in [6.45, 7) is 5.00. The Kier molecular flexibility index (Phi) is 5.79. The Hall–Kier alpha value is -2.24. The Bertz CT molecular complexity index is 632. The molecule has 1 atom stereocenters. The van der Waals surface area contributed by atoms with Gasteiger partial charge in [-0.15, -0.1) is 0 Å². The van der Waals surface area contributed by atoms with E-state index in [4.69, 9.17) is 9.47 Å². The maximum atomic E-state index is 13.0. The second-order valence-corrected chi connectivity index (χ2v) is 6.64. The normalized spacial score (nSPS) is 19.4. The van der Waals surface area contributed by atoms with Crippen LogP contribution in [0.2, 0.25) is 0 Å². The number of piperidine rings is 1. The SMILES string of the molecule is CCCC(=O)NCC1CCCN(C(=O)c2cccc3c2OCCO3)C1. The molecule has 0 radical (unpaired) electrons. The largest absolute Gasteiger partial charge is 0.486 e. The lowest BCUT2D eigenvalue weighted by atomic mass is 9.97. The maximum absolute atomic E-state index is 13.0. The summed E-state index contributed by atoms with van der Waals surface area (Å²) in [6, 6.07) is 5.45. The van der Waals surface area contributed by atoms with Gasteiger partial charge in [0, 0.05) is 26.1 Å². The lowest BCUT2D eigenvalue weighted by molar-refractivity contribution is -0.121. The first-order chi connectivity index (χ1) is 12.2. The number of benzene rings is 1. The Morgan fingerprint density at radius 3 is 2.96 bits per heavy atom. The molecule has 2 heterocycles. The summed E-state index contributed by atoms with van der Waals surface area (Å²) in [5.41, 5.74) is 0.563. The Morgan fingerprint density at radius 1 is 1.28 bits per heavy atom. The lowest BCUT2D eigenvalue weighted by Crippen LogP contribution is -2.43. The predicted octanol–water partition coefficient (Wildman–Crippen LogP) is 2.23. The summed E-state index contributed by atoms with van der Waals surface area (Å²) in [4.78, 5) is 26.5. The number of carbonyl (C=O) groups excluding carboxylic acids is 2. The van der Waals surface area contributed by atoms with E-state index in [0.717, 1.165) is 25.8 Å². The monoisotopic (exact) mass is 346 g/mol. The molecule has 0 aromatic heterocycles. The summed E-state index contributed by atoms with van der Waals surface area (Å²) in [7, 11) is 0. The molecule has 1 unspecified atom stereocenters. The second-order valence-electron chi connectivity index (χ2n) is 6.64. The number of hydrogen-bond donors (Lipinski definition) is 1. The van der Waals surface area contributed by atoms with Crippen LogP contribution in [0.3, 0.4) is 0 Å². The molecule has 1 fully saturated rings. The van der Waals surface area contributed by atoms with Crippen molar-refractivity contribution in [3.63, 3.8) is 0 Å². The topological polar surface area (TPSA) is 67.9 Å². The zero-order valence-corrected chi connectivity index (χ0v) is 14.8. The van der Waals surface area contributed by atoms with E-state index in [1.807, 2.05) is 24.0 Å². The van der Waals surface area contributed by atoms with Gasteiger partial charge < -0.3 is 19.7 Å². The third-order valence-corrected chi connectivity index (χ3v) is 4.67. The van der Waals surface area contributed by atoms with E-state index in [1.54, 1.807) is 6.07 Å². The van der Waals surface area contributed by atoms with Crippen LogP contribution in [0, 0.1) is 5.92 Å². The molecular weight excluding hydrogens is 320 g/mol. The number of para-hydroxylation sites is 1. The molecule has 1 N–H and O–H groups in total. The number of likely N-dealkylation sites (tertiary alicyclic amines) is 1. The molecule has 2 aliphatic heterocycles. The van der Waals surface area contributed by atoms with E-state index in [-0.39, 0.29) is 11.8 Å². The lowest BCUT2D eigenvalue weighted by Gasteiger charge is -2.33. The number of hydrogen-bond acceptors (Lipinski definition) is 4. The van der Waals surface area contributed by atoms with Gasteiger partial charge in [0.1, 0.15) is 13.2 Å². The van der Waals surface area contributed by atoms with Gasteiger partial charge in [0.15, 0.2) is 11.5 Å². The highest BCUT2D eigenvalue weighted by Crippen LogP contribution is 2.34. The number of fused-ring (bicyclic) bond motifs is 1. The van der Waals surface area contributed by atoms with Crippen LogP contribution in [0.1, 0.15) is 43.0 Å². The van der Waals surface area contributed by atoms with Gasteiger partial charge in [0.05, 0.1) is 5.56 Å². The van der Waals surface area contributed by atoms with Crippen molar-refractivity contribution in [3.8, 4) is 11.5 Å². The van der Waals surface area contributed by atoms with Crippen LogP contribution in [0.4, 0.5) is 0 Å². The molecular formula is C19H26N2O4. The first kappa shape index (κ1) is 17.6. The average molecular weight is 346 g/mol. The fraction of sp³-hybridized carbons (Fsp3) is 0.579. The Labute approximate surface area is 148 Å². The van der Waals surface area contributed by atoms with E-state index < -0.39 is 0 Å². The predicted molar refractivity (Wildman–Crippen MR) is 94.0 cm³/mol. The molecule has 3 rings (SSSR count). The molecule has 1 aromatic carbocycles. The number of rotatable bonds is 5.